The van der Waals surface area contributed by atoms with Crippen LogP contribution in [0.25, 0.3) is 10.8 Å². The van der Waals surface area contributed by atoms with Crippen molar-refractivity contribution in [3.8, 4) is 11.5 Å². The number of aromatic hydroxyl groups is 1. The molecule has 0 radical (unpaired) electrons. The minimum absolute atomic E-state index is 0.0124. The van der Waals surface area contributed by atoms with Crippen LogP contribution in [-0.4, -0.2) is 39.2 Å². The standard InChI is InChI=1S/C18H21ClN2O5/c1-4-6-11(18(24)25)20-17(23)14-15(22)10-7-5-8-12(26-9(2)3)13(10)16(19)21-14/h5,7-9,11,22H,4,6H2,1-3H3,(H,20,23)(H,24,25). The highest BCUT2D eigenvalue weighted by molar-refractivity contribution is 6.35. The van der Waals surface area contributed by atoms with Gasteiger partial charge in [0.05, 0.1) is 11.5 Å². The Hall–Kier alpha value is -2.54. The lowest BCUT2D eigenvalue weighted by molar-refractivity contribution is -0.139. The fraction of sp³-hybridized carbons (Fsp3) is 0.389. The number of carboxylic acid groups (broad SMARTS) is 1. The highest BCUT2D eigenvalue weighted by Crippen LogP contribution is 2.38. The third kappa shape index (κ3) is 4.16. The van der Waals surface area contributed by atoms with Gasteiger partial charge in [-0.05, 0) is 26.3 Å². The van der Waals surface area contributed by atoms with Gasteiger partial charge in [-0.3, -0.25) is 4.79 Å². The second kappa shape index (κ2) is 8.23. The summed E-state index contributed by atoms with van der Waals surface area (Å²) in [5, 5.41) is 22.7. The van der Waals surface area contributed by atoms with Crippen LogP contribution < -0.4 is 10.1 Å². The van der Waals surface area contributed by atoms with Crippen LogP contribution in [-0.2, 0) is 4.79 Å². The molecule has 0 aliphatic rings. The zero-order valence-corrected chi connectivity index (χ0v) is 15.5. The summed E-state index contributed by atoms with van der Waals surface area (Å²) < 4.78 is 5.68. The molecule has 1 aromatic heterocycles. The quantitative estimate of drug-likeness (QED) is 0.635. The summed E-state index contributed by atoms with van der Waals surface area (Å²) in [6.45, 7) is 5.50. The van der Waals surface area contributed by atoms with Crippen molar-refractivity contribution in [3.05, 3.63) is 29.0 Å². The van der Waals surface area contributed by atoms with E-state index in [0.29, 0.717) is 22.9 Å². The fourth-order valence-corrected chi connectivity index (χ4v) is 2.84. The first-order chi connectivity index (χ1) is 12.3. The number of hydrogen-bond donors (Lipinski definition) is 3. The number of aromatic nitrogens is 1. The van der Waals surface area contributed by atoms with E-state index in [-0.39, 0.29) is 29.1 Å². The van der Waals surface area contributed by atoms with Crippen molar-refractivity contribution in [2.24, 2.45) is 0 Å². The Morgan fingerprint density at radius 1 is 1.35 bits per heavy atom. The second-order valence-electron chi connectivity index (χ2n) is 6.10. The highest BCUT2D eigenvalue weighted by atomic mass is 35.5. The molecule has 26 heavy (non-hydrogen) atoms. The van der Waals surface area contributed by atoms with Crippen molar-refractivity contribution >= 4 is 34.2 Å². The van der Waals surface area contributed by atoms with E-state index in [1.54, 1.807) is 25.1 Å². The summed E-state index contributed by atoms with van der Waals surface area (Å²) in [6, 6.07) is 3.87. The van der Waals surface area contributed by atoms with E-state index in [2.05, 4.69) is 10.3 Å². The first-order valence-electron chi connectivity index (χ1n) is 8.27. The average molecular weight is 381 g/mol. The van der Waals surface area contributed by atoms with Crippen molar-refractivity contribution in [1.82, 2.24) is 10.3 Å². The summed E-state index contributed by atoms with van der Waals surface area (Å²) in [5.41, 5.74) is -0.327. The number of hydrogen-bond acceptors (Lipinski definition) is 5. The molecule has 1 heterocycles. The Morgan fingerprint density at radius 3 is 2.62 bits per heavy atom. The first-order valence-corrected chi connectivity index (χ1v) is 8.65. The summed E-state index contributed by atoms with van der Waals surface area (Å²) in [7, 11) is 0. The zero-order valence-electron chi connectivity index (χ0n) is 14.7. The van der Waals surface area contributed by atoms with Crippen LogP contribution >= 0.6 is 11.6 Å². The maximum Gasteiger partial charge on any atom is 0.326 e. The average Bonchev–Trinajstić information content (AvgIpc) is 2.56. The van der Waals surface area contributed by atoms with Crippen molar-refractivity contribution in [2.45, 2.75) is 45.8 Å². The number of halogens is 1. The van der Waals surface area contributed by atoms with Gasteiger partial charge >= 0.3 is 5.97 Å². The number of benzene rings is 1. The first kappa shape index (κ1) is 19.8. The Balaban J connectivity index is 2.48. The largest absolute Gasteiger partial charge is 0.505 e. The van der Waals surface area contributed by atoms with E-state index in [0.717, 1.165) is 0 Å². The Kier molecular flexibility index (Phi) is 6.26. The molecule has 0 aliphatic carbocycles. The number of rotatable bonds is 7. The van der Waals surface area contributed by atoms with Gasteiger partial charge in [-0.1, -0.05) is 37.1 Å². The molecule has 140 valence electrons. The van der Waals surface area contributed by atoms with Gasteiger partial charge in [-0.2, -0.15) is 0 Å². The van der Waals surface area contributed by atoms with E-state index >= 15 is 0 Å². The molecule has 8 heteroatoms. The van der Waals surface area contributed by atoms with Crippen LogP contribution in [0.1, 0.15) is 44.1 Å². The molecule has 0 saturated carbocycles. The van der Waals surface area contributed by atoms with Gasteiger partial charge in [-0.15, -0.1) is 0 Å². The minimum Gasteiger partial charge on any atom is -0.505 e. The van der Waals surface area contributed by atoms with E-state index in [4.69, 9.17) is 16.3 Å². The zero-order chi connectivity index (χ0) is 19.4. The van der Waals surface area contributed by atoms with E-state index in [1.807, 2.05) is 13.8 Å². The lowest BCUT2D eigenvalue weighted by atomic mass is 10.1. The van der Waals surface area contributed by atoms with Gasteiger partial charge in [0.25, 0.3) is 5.91 Å². The van der Waals surface area contributed by atoms with Crippen molar-refractivity contribution < 1.29 is 24.5 Å². The Morgan fingerprint density at radius 2 is 2.04 bits per heavy atom. The molecule has 0 fully saturated rings. The molecule has 0 spiro atoms. The maximum atomic E-state index is 12.4. The molecule has 1 atom stereocenters. The number of carbonyl (C=O) groups excluding carboxylic acids is 1. The predicted octanol–water partition coefficient (Wildman–Crippen LogP) is 3.36. The van der Waals surface area contributed by atoms with Gasteiger partial charge in [0.15, 0.2) is 11.4 Å². The van der Waals surface area contributed by atoms with E-state index in [9.17, 15) is 19.8 Å². The number of carboxylic acids is 1. The van der Waals surface area contributed by atoms with Crippen molar-refractivity contribution in [1.29, 1.82) is 0 Å². The van der Waals surface area contributed by atoms with Crippen molar-refractivity contribution in [2.75, 3.05) is 0 Å². The summed E-state index contributed by atoms with van der Waals surface area (Å²) in [4.78, 5) is 27.6. The second-order valence-corrected chi connectivity index (χ2v) is 6.46. The third-order valence-corrected chi connectivity index (χ3v) is 3.95. The number of amides is 1. The number of fused-ring (bicyclic) bond motifs is 1. The molecule has 1 aromatic carbocycles. The van der Waals surface area contributed by atoms with Crippen LogP contribution in [0.15, 0.2) is 18.2 Å². The van der Waals surface area contributed by atoms with Crippen LogP contribution in [0, 0.1) is 0 Å². The molecule has 0 bridgehead atoms. The molecule has 1 amide bonds. The van der Waals surface area contributed by atoms with Crippen LogP contribution in [0.5, 0.6) is 11.5 Å². The number of pyridine rings is 1. The normalized spacial score (nSPS) is 12.2. The molecule has 1 unspecified atom stereocenters. The summed E-state index contributed by atoms with van der Waals surface area (Å²) in [5.74, 6) is -1.90. The van der Waals surface area contributed by atoms with Crippen LogP contribution in [0.2, 0.25) is 5.15 Å². The van der Waals surface area contributed by atoms with Gasteiger partial charge in [0.2, 0.25) is 0 Å². The van der Waals surface area contributed by atoms with Crippen LogP contribution in [0.4, 0.5) is 0 Å². The Bertz CT molecular complexity index is 838. The lowest BCUT2D eigenvalue weighted by Crippen LogP contribution is -2.41. The molecule has 0 aliphatic heterocycles. The number of nitrogens with zero attached hydrogens (tertiary/aromatic N) is 1. The number of carbonyl (C=O) groups is 2. The summed E-state index contributed by atoms with van der Waals surface area (Å²) >= 11 is 6.23. The van der Waals surface area contributed by atoms with E-state index in [1.165, 1.54) is 0 Å². The van der Waals surface area contributed by atoms with Crippen LogP contribution in [0.3, 0.4) is 0 Å². The minimum atomic E-state index is -1.15. The summed E-state index contributed by atoms with van der Waals surface area (Å²) in [6.07, 6.45) is 0.716. The Labute approximate surface area is 155 Å². The number of ether oxygens (including phenoxy) is 1. The predicted molar refractivity (Wildman–Crippen MR) is 98.0 cm³/mol. The smallest absolute Gasteiger partial charge is 0.326 e. The lowest BCUT2D eigenvalue weighted by Gasteiger charge is -2.16. The van der Waals surface area contributed by atoms with Crippen molar-refractivity contribution in [3.63, 3.8) is 0 Å². The third-order valence-electron chi connectivity index (χ3n) is 3.68. The van der Waals surface area contributed by atoms with Gasteiger partial charge in [0, 0.05) is 5.39 Å². The highest BCUT2D eigenvalue weighted by Gasteiger charge is 2.25. The molecular weight excluding hydrogens is 360 g/mol. The molecule has 2 rings (SSSR count). The monoisotopic (exact) mass is 380 g/mol. The number of nitrogens with one attached hydrogen (secondary N) is 1. The topological polar surface area (TPSA) is 109 Å². The van der Waals surface area contributed by atoms with Gasteiger partial charge in [0.1, 0.15) is 16.9 Å². The number of aliphatic carboxylic acids is 1. The maximum absolute atomic E-state index is 12.4. The molecule has 2 aromatic rings. The van der Waals surface area contributed by atoms with E-state index < -0.39 is 17.9 Å². The molecule has 0 saturated heterocycles. The molecule has 3 N–H and O–H groups in total. The van der Waals surface area contributed by atoms with Gasteiger partial charge < -0.3 is 20.3 Å². The SMILES string of the molecule is CCCC(NC(=O)c1nc(Cl)c2c(OC(C)C)cccc2c1O)C(=O)O. The molecular formula is C18H21ClN2O5. The van der Waals surface area contributed by atoms with Gasteiger partial charge in [-0.25, -0.2) is 9.78 Å². The molecule has 7 nitrogen and oxygen atoms in total. The fourth-order valence-electron chi connectivity index (χ4n) is 2.56.